The molecule has 19 heavy (non-hydrogen) atoms. The van der Waals surface area contributed by atoms with E-state index in [0.717, 1.165) is 25.7 Å². The summed E-state index contributed by atoms with van der Waals surface area (Å²) >= 11 is 3.06. The van der Waals surface area contributed by atoms with Crippen LogP contribution in [0.15, 0.2) is 22.7 Å². The molecule has 0 saturated heterocycles. The van der Waals surface area contributed by atoms with E-state index in [-0.39, 0.29) is 28.2 Å². The minimum Gasteiger partial charge on any atom is -0.393 e. The fourth-order valence-corrected chi connectivity index (χ4v) is 2.77. The molecule has 1 aromatic rings. The minimum atomic E-state index is -0.390. The maximum Gasteiger partial charge on any atom is 0.251 e. The Bertz CT molecular complexity index is 467. The van der Waals surface area contributed by atoms with E-state index < -0.39 is 0 Å². The predicted molar refractivity (Wildman–Crippen MR) is 74.4 cm³/mol. The molecule has 0 aliphatic heterocycles. The molecular weight excluding hydrogens is 313 g/mol. The fraction of sp³-hybridized carbons (Fsp3) is 0.500. The molecule has 0 spiro atoms. The van der Waals surface area contributed by atoms with Crippen molar-refractivity contribution >= 4 is 21.8 Å². The second kappa shape index (κ2) is 6.48. The molecular formula is C14H17BrFNO2. The first-order chi connectivity index (χ1) is 9.08. The Morgan fingerprint density at radius 3 is 2.84 bits per heavy atom. The van der Waals surface area contributed by atoms with Gasteiger partial charge in [0.25, 0.3) is 5.91 Å². The van der Waals surface area contributed by atoms with E-state index in [1.807, 2.05) is 0 Å². The average molecular weight is 330 g/mol. The lowest BCUT2D eigenvalue weighted by Crippen LogP contribution is -2.36. The first-order valence-corrected chi connectivity index (χ1v) is 7.28. The normalized spacial score (nSPS) is 23.1. The number of hydrogen-bond acceptors (Lipinski definition) is 2. The van der Waals surface area contributed by atoms with E-state index in [4.69, 9.17) is 0 Å². The summed E-state index contributed by atoms with van der Waals surface area (Å²) in [5, 5.41) is 12.6. The summed E-state index contributed by atoms with van der Waals surface area (Å²) in [5.41, 5.74) is 0.415. The summed E-state index contributed by atoms with van der Waals surface area (Å²) in [7, 11) is 0. The third-order valence-corrected chi connectivity index (χ3v) is 4.18. The van der Waals surface area contributed by atoms with Gasteiger partial charge >= 0.3 is 0 Å². The van der Waals surface area contributed by atoms with Crippen molar-refractivity contribution in [3.63, 3.8) is 0 Å². The zero-order valence-electron chi connectivity index (χ0n) is 10.5. The Morgan fingerprint density at radius 2 is 2.16 bits per heavy atom. The monoisotopic (exact) mass is 329 g/mol. The molecule has 2 atom stereocenters. The molecule has 2 N–H and O–H groups in total. The van der Waals surface area contributed by atoms with Crippen molar-refractivity contribution in [2.75, 3.05) is 6.54 Å². The molecule has 2 rings (SSSR count). The maximum absolute atomic E-state index is 13.1. The molecule has 1 amide bonds. The van der Waals surface area contributed by atoms with Crippen LogP contribution in [0.5, 0.6) is 0 Å². The van der Waals surface area contributed by atoms with Gasteiger partial charge in [-0.1, -0.05) is 12.8 Å². The van der Waals surface area contributed by atoms with Gasteiger partial charge in [0.1, 0.15) is 5.82 Å². The smallest absolute Gasteiger partial charge is 0.251 e. The molecule has 1 aliphatic carbocycles. The van der Waals surface area contributed by atoms with E-state index >= 15 is 0 Å². The third kappa shape index (κ3) is 3.76. The predicted octanol–water partition coefficient (Wildman–Crippen LogP) is 2.87. The molecule has 1 fully saturated rings. The van der Waals surface area contributed by atoms with E-state index in [1.165, 1.54) is 18.2 Å². The van der Waals surface area contributed by atoms with Gasteiger partial charge in [-0.05, 0) is 47.0 Å². The highest BCUT2D eigenvalue weighted by Crippen LogP contribution is 2.23. The summed E-state index contributed by atoms with van der Waals surface area (Å²) in [6, 6.07) is 4.17. The van der Waals surface area contributed by atoms with Gasteiger partial charge in [0, 0.05) is 18.0 Å². The Morgan fingerprint density at radius 1 is 1.42 bits per heavy atom. The molecule has 1 aliphatic rings. The number of aliphatic hydroxyl groups is 1. The van der Waals surface area contributed by atoms with Crippen LogP contribution in [-0.2, 0) is 0 Å². The average Bonchev–Trinajstić information content (AvgIpc) is 2.40. The number of halogens is 2. The molecule has 2 unspecified atom stereocenters. The Kier molecular flexibility index (Phi) is 4.93. The molecule has 0 radical (unpaired) electrons. The largest absolute Gasteiger partial charge is 0.393 e. The van der Waals surface area contributed by atoms with Crippen molar-refractivity contribution < 1.29 is 14.3 Å². The molecule has 1 aromatic carbocycles. The van der Waals surface area contributed by atoms with Gasteiger partial charge in [-0.2, -0.15) is 0 Å². The quantitative estimate of drug-likeness (QED) is 0.895. The van der Waals surface area contributed by atoms with Crippen molar-refractivity contribution in [1.82, 2.24) is 5.32 Å². The standard InChI is InChI=1S/C14H17BrFNO2/c15-11-7-9(5-6-12(11)16)14(19)17-8-10-3-1-2-4-13(10)18/h5-7,10,13,18H,1-4,8H2,(H,17,19). The van der Waals surface area contributed by atoms with Gasteiger partial charge in [-0.25, -0.2) is 4.39 Å². The second-order valence-electron chi connectivity index (χ2n) is 4.95. The number of amides is 1. The minimum absolute atomic E-state index is 0.126. The second-order valence-corrected chi connectivity index (χ2v) is 5.81. The number of nitrogens with one attached hydrogen (secondary N) is 1. The number of hydrogen-bond donors (Lipinski definition) is 2. The number of aliphatic hydroxyl groups excluding tert-OH is 1. The van der Waals surface area contributed by atoms with Crippen molar-refractivity contribution in [2.45, 2.75) is 31.8 Å². The lowest BCUT2D eigenvalue weighted by molar-refractivity contribution is 0.0663. The van der Waals surface area contributed by atoms with Crippen molar-refractivity contribution in [2.24, 2.45) is 5.92 Å². The van der Waals surface area contributed by atoms with Crippen molar-refractivity contribution in [3.05, 3.63) is 34.1 Å². The van der Waals surface area contributed by atoms with Crippen LogP contribution in [0.3, 0.4) is 0 Å². The summed E-state index contributed by atoms with van der Waals surface area (Å²) in [4.78, 5) is 11.9. The fourth-order valence-electron chi connectivity index (χ4n) is 2.39. The van der Waals surface area contributed by atoms with Gasteiger partial charge in [-0.3, -0.25) is 4.79 Å². The first-order valence-electron chi connectivity index (χ1n) is 6.49. The highest BCUT2D eigenvalue weighted by Gasteiger charge is 2.23. The first kappa shape index (κ1) is 14.5. The van der Waals surface area contributed by atoms with Crippen molar-refractivity contribution in [1.29, 1.82) is 0 Å². The van der Waals surface area contributed by atoms with Gasteiger partial charge in [-0.15, -0.1) is 0 Å². The van der Waals surface area contributed by atoms with Crippen LogP contribution in [0.4, 0.5) is 4.39 Å². The molecule has 5 heteroatoms. The van der Waals surface area contributed by atoms with Crippen LogP contribution in [0, 0.1) is 11.7 Å². The molecule has 3 nitrogen and oxygen atoms in total. The maximum atomic E-state index is 13.1. The molecule has 1 saturated carbocycles. The van der Waals surface area contributed by atoms with E-state index in [0.29, 0.717) is 12.1 Å². The van der Waals surface area contributed by atoms with Crippen LogP contribution in [0.2, 0.25) is 0 Å². The number of benzene rings is 1. The number of carbonyl (C=O) groups excluding carboxylic acids is 1. The van der Waals surface area contributed by atoms with Crippen LogP contribution in [-0.4, -0.2) is 23.7 Å². The molecule has 0 heterocycles. The lowest BCUT2D eigenvalue weighted by atomic mass is 9.86. The highest BCUT2D eigenvalue weighted by molar-refractivity contribution is 9.10. The van der Waals surface area contributed by atoms with E-state index in [2.05, 4.69) is 21.2 Å². The van der Waals surface area contributed by atoms with Crippen LogP contribution in [0.1, 0.15) is 36.0 Å². The molecule has 0 aromatic heterocycles. The van der Waals surface area contributed by atoms with Gasteiger partial charge in [0.2, 0.25) is 0 Å². The zero-order valence-corrected chi connectivity index (χ0v) is 12.1. The Labute approximate surface area is 120 Å². The molecule has 0 bridgehead atoms. The Balaban J connectivity index is 1.91. The zero-order chi connectivity index (χ0) is 13.8. The third-order valence-electron chi connectivity index (χ3n) is 3.58. The van der Waals surface area contributed by atoms with E-state index in [9.17, 15) is 14.3 Å². The summed E-state index contributed by atoms with van der Waals surface area (Å²) < 4.78 is 13.4. The van der Waals surface area contributed by atoms with Crippen LogP contribution < -0.4 is 5.32 Å². The highest BCUT2D eigenvalue weighted by atomic mass is 79.9. The SMILES string of the molecule is O=C(NCC1CCCCC1O)c1ccc(F)c(Br)c1. The number of carbonyl (C=O) groups is 1. The summed E-state index contributed by atoms with van der Waals surface area (Å²) in [5.74, 6) is -0.501. The van der Waals surface area contributed by atoms with Crippen molar-refractivity contribution in [3.8, 4) is 0 Å². The van der Waals surface area contributed by atoms with Gasteiger partial charge < -0.3 is 10.4 Å². The van der Waals surface area contributed by atoms with Gasteiger partial charge in [0.05, 0.1) is 10.6 Å². The summed E-state index contributed by atoms with van der Waals surface area (Å²) in [6.07, 6.45) is 3.57. The van der Waals surface area contributed by atoms with Gasteiger partial charge in [0.15, 0.2) is 0 Å². The topological polar surface area (TPSA) is 49.3 Å². The Hall–Kier alpha value is -0.940. The number of rotatable bonds is 3. The molecule has 104 valence electrons. The lowest BCUT2D eigenvalue weighted by Gasteiger charge is -2.27. The van der Waals surface area contributed by atoms with Crippen LogP contribution >= 0.6 is 15.9 Å². The van der Waals surface area contributed by atoms with Crippen LogP contribution in [0.25, 0.3) is 0 Å². The van der Waals surface area contributed by atoms with E-state index in [1.54, 1.807) is 0 Å². The summed E-state index contributed by atoms with van der Waals surface area (Å²) in [6.45, 7) is 0.467.